The van der Waals surface area contributed by atoms with E-state index in [-0.39, 0.29) is 12.4 Å². The van der Waals surface area contributed by atoms with Crippen LogP contribution in [0.25, 0.3) is 0 Å². The Morgan fingerprint density at radius 1 is 1.17 bits per heavy atom. The molecule has 6 heavy (non-hydrogen) atoms. The third-order valence-corrected chi connectivity index (χ3v) is 0.715. The fourth-order valence-corrected chi connectivity index (χ4v) is 0.408. The SMILES string of the molecule is Cl.c1nncs1. The maximum atomic E-state index is 3.49. The summed E-state index contributed by atoms with van der Waals surface area (Å²) in [5.74, 6) is 0. The highest BCUT2D eigenvalue weighted by atomic mass is 35.5. The molecule has 0 atom stereocenters. The van der Waals surface area contributed by atoms with Crippen molar-refractivity contribution in [2.75, 3.05) is 0 Å². The lowest BCUT2D eigenvalue weighted by molar-refractivity contribution is 1.09. The van der Waals surface area contributed by atoms with Crippen LogP contribution in [0.5, 0.6) is 0 Å². The third kappa shape index (κ3) is 1.33. The van der Waals surface area contributed by atoms with E-state index < -0.39 is 0 Å². The van der Waals surface area contributed by atoms with Gasteiger partial charge in [0.25, 0.3) is 0 Å². The van der Waals surface area contributed by atoms with Crippen molar-refractivity contribution in [3.63, 3.8) is 0 Å². The topological polar surface area (TPSA) is 25.8 Å². The summed E-state index contributed by atoms with van der Waals surface area (Å²) in [5.41, 5.74) is 3.36. The largest absolute Gasteiger partial charge is 0.147 e. The summed E-state index contributed by atoms with van der Waals surface area (Å²) in [6.07, 6.45) is 0. The molecule has 1 aromatic heterocycles. The fourth-order valence-electron chi connectivity index (χ4n) is 0.136. The summed E-state index contributed by atoms with van der Waals surface area (Å²) < 4.78 is 0. The van der Waals surface area contributed by atoms with Crippen LogP contribution in [-0.2, 0) is 0 Å². The van der Waals surface area contributed by atoms with Gasteiger partial charge < -0.3 is 0 Å². The molecule has 0 aliphatic carbocycles. The van der Waals surface area contributed by atoms with Gasteiger partial charge in [-0.15, -0.1) is 33.9 Å². The molecule has 34 valence electrons. The second-order valence-corrected chi connectivity index (χ2v) is 1.27. The van der Waals surface area contributed by atoms with Gasteiger partial charge in [0.15, 0.2) is 0 Å². The fraction of sp³-hybridized carbons (Fsp3) is 0. The molecule has 0 amide bonds. The molecule has 0 saturated carbocycles. The van der Waals surface area contributed by atoms with Gasteiger partial charge in [-0.3, -0.25) is 0 Å². The second kappa shape index (κ2) is 3.06. The van der Waals surface area contributed by atoms with Crippen LogP contribution in [0.3, 0.4) is 0 Å². The number of rotatable bonds is 0. The number of aromatic nitrogens is 2. The van der Waals surface area contributed by atoms with Crippen LogP contribution in [0.1, 0.15) is 0 Å². The maximum Gasteiger partial charge on any atom is 0.103 e. The Hall–Kier alpha value is -0.150. The Morgan fingerprint density at radius 2 is 1.67 bits per heavy atom. The molecule has 0 unspecified atom stereocenters. The molecule has 1 heterocycles. The lowest BCUT2D eigenvalue weighted by atomic mass is 11.6. The van der Waals surface area contributed by atoms with Gasteiger partial charge in [0.1, 0.15) is 11.0 Å². The molecular formula is C2H3ClN2S. The molecule has 1 rings (SSSR count). The van der Waals surface area contributed by atoms with Crippen molar-refractivity contribution in [3.8, 4) is 0 Å². The Kier molecular flexibility index (Phi) is 2.98. The molecule has 0 saturated heterocycles. The highest BCUT2D eigenvalue weighted by Crippen LogP contribution is 1.80. The minimum atomic E-state index is 0. The van der Waals surface area contributed by atoms with Crippen LogP contribution < -0.4 is 0 Å². The van der Waals surface area contributed by atoms with Crippen molar-refractivity contribution in [3.05, 3.63) is 11.0 Å². The Balaban J connectivity index is 0.000000250. The molecule has 2 nitrogen and oxygen atoms in total. The monoisotopic (exact) mass is 122 g/mol. The zero-order chi connectivity index (χ0) is 3.54. The quantitative estimate of drug-likeness (QED) is 0.512. The van der Waals surface area contributed by atoms with Crippen LogP contribution in [0.15, 0.2) is 11.0 Å². The predicted molar refractivity (Wildman–Crippen MR) is 27.2 cm³/mol. The van der Waals surface area contributed by atoms with Crippen LogP contribution >= 0.6 is 23.7 Å². The average molecular weight is 123 g/mol. The molecule has 1 aromatic rings. The smallest absolute Gasteiger partial charge is 0.103 e. The van der Waals surface area contributed by atoms with Crippen LogP contribution in [-0.4, -0.2) is 10.2 Å². The van der Waals surface area contributed by atoms with Gasteiger partial charge in [0.05, 0.1) is 0 Å². The van der Waals surface area contributed by atoms with E-state index in [1.807, 2.05) is 0 Å². The van der Waals surface area contributed by atoms with Crippen LogP contribution in [0.2, 0.25) is 0 Å². The zero-order valence-electron chi connectivity index (χ0n) is 2.87. The van der Waals surface area contributed by atoms with E-state index in [4.69, 9.17) is 0 Å². The van der Waals surface area contributed by atoms with Gasteiger partial charge in [-0.05, 0) is 0 Å². The summed E-state index contributed by atoms with van der Waals surface area (Å²) in [4.78, 5) is 0. The van der Waals surface area contributed by atoms with Crippen molar-refractivity contribution in [2.45, 2.75) is 0 Å². The maximum absolute atomic E-state index is 3.49. The van der Waals surface area contributed by atoms with Gasteiger partial charge in [-0.2, -0.15) is 0 Å². The summed E-state index contributed by atoms with van der Waals surface area (Å²) in [6.45, 7) is 0. The summed E-state index contributed by atoms with van der Waals surface area (Å²) in [7, 11) is 0. The molecule has 0 aliphatic heterocycles. The van der Waals surface area contributed by atoms with Crippen molar-refractivity contribution >= 4 is 23.7 Å². The van der Waals surface area contributed by atoms with E-state index in [0.29, 0.717) is 0 Å². The molecule has 0 radical (unpaired) electrons. The first-order valence-corrected chi connectivity index (χ1v) is 2.13. The Labute approximate surface area is 45.6 Å². The first kappa shape index (κ1) is 5.85. The van der Waals surface area contributed by atoms with E-state index in [1.165, 1.54) is 11.3 Å². The summed E-state index contributed by atoms with van der Waals surface area (Å²) in [5, 5.41) is 6.98. The minimum Gasteiger partial charge on any atom is -0.147 e. The molecular weight excluding hydrogens is 120 g/mol. The van der Waals surface area contributed by atoms with Gasteiger partial charge in [-0.25, -0.2) is 0 Å². The van der Waals surface area contributed by atoms with Crippen molar-refractivity contribution < 1.29 is 0 Å². The average Bonchev–Trinajstić information content (AvgIpc) is 1.76. The molecule has 0 aliphatic rings. The van der Waals surface area contributed by atoms with E-state index in [0.717, 1.165) is 0 Å². The molecule has 0 fully saturated rings. The van der Waals surface area contributed by atoms with E-state index in [9.17, 15) is 0 Å². The molecule has 4 heteroatoms. The first-order valence-electron chi connectivity index (χ1n) is 1.19. The van der Waals surface area contributed by atoms with Crippen LogP contribution in [0.4, 0.5) is 0 Å². The van der Waals surface area contributed by atoms with Crippen LogP contribution in [0, 0.1) is 0 Å². The zero-order valence-corrected chi connectivity index (χ0v) is 4.50. The number of halogens is 1. The minimum absolute atomic E-state index is 0. The van der Waals surface area contributed by atoms with Gasteiger partial charge in [0.2, 0.25) is 0 Å². The van der Waals surface area contributed by atoms with E-state index >= 15 is 0 Å². The van der Waals surface area contributed by atoms with E-state index in [2.05, 4.69) is 10.2 Å². The standard InChI is InChI=1S/C2H2N2S.ClH/c1-3-4-2-5-1;/h1-2H;1H. The predicted octanol–water partition coefficient (Wildman–Crippen LogP) is 0.960. The Morgan fingerprint density at radius 3 is 1.83 bits per heavy atom. The van der Waals surface area contributed by atoms with Gasteiger partial charge in [-0.1, -0.05) is 0 Å². The highest BCUT2D eigenvalue weighted by molar-refractivity contribution is 7.07. The highest BCUT2D eigenvalue weighted by Gasteiger charge is 1.60. The lowest BCUT2D eigenvalue weighted by Gasteiger charge is -1.41. The number of hydrogen-bond donors (Lipinski definition) is 0. The van der Waals surface area contributed by atoms with Crippen molar-refractivity contribution in [1.82, 2.24) is 10.2 Å². The summed E-state index contributed by atoms with van der Waals surface area (Å²) >= 11 is 1.49. The lowest BCUT2D eigenvalue weighted by Crippen LogP contribution is -1.53. The Bertz CT molecular complexity index is 68.0. The van der Waals surface area contributed by atoms with Gasteiger partial charge >= 0.3 is 0 Å². The second-order valence-electron chi connectivity index (χ2n) is 0.578. The molecule has 0 spiro atoms. The molecule has 0 aromatic carbocycles. The summed E-state index contributed by atoms with van der Waals surface area (Å²) in [6, 6.07) is 0. The van der Waals surface area contributed by atoms with E-state index in [1.54, 1.807) is 11.0 Å². The van der Waals surface area contributed by atoms with Crippen molar-refractivity contribution in [2.24, 2.45) is 0 Å². The molecule has 0 bridgehead atoms. The number of nitrogens with zero attached hydrogens (tertiary/aromatic N) is 2. The third-order valence-electron chi connectivity index (χ3n) is 0.283. The van der Waals surface area contributed by atoms with Gasteiger partial charge in [0, 0.05) is 0 Å². The van der Waals surface area contributed by atoms with Crippen molar-refractivity contribution in [1.29, 1.82) is 0 Å². The normalized spacial score (nSPS) is 6.67. The number of hydrogen-bond acceptors (Lipinski definition) is 3. The molecule has 0 N–H and O–H groups in total. The first-order chi connectivity index (χ1) is 2.50.